The van der Waals surface area contributed by atoms with Gasteiger partial charge in [0.05, 0.1) is 0 Å². The summed E-state index contributed by atoms with van der Waals surface area (Å²) in [6.07, 6.45) is 8.18. The van der Waals surface area contributed by atoms with Crippen molar-refractivity contribution in [2.45, 2.75) is 57.0 Å². The Kier molecular flexibility index (Phi) is 4.59. The summed E-state index contributed by atoms with van der Waals surface area (Å²) < 4.78 is 0. The number of nitrogens with one attached hydrogen (secondary N) is 3. The second-order valence-electron chi connectivity index (χ2n) is 4.94. The van der Waals surface area contributed by atoms with Crippen molar-refractivity contribution in [1.29, 1.82) is 0 Å². The molecular weight excluding hydrogens is 234 g/mol. The van der Waals surface area contributed by atoms with Gasteiger partial charge in [-0.1, -0.05) is 19.3 Å². The standard InChI is InChI=1S/C12H21N3OS/c16-11-10(7-4-8-13-11)15-12(17)14-9-5-2-1-3-6-9/h9-10H,1-8H2,(H,13,16)(H2,14,15,17). The van der Waals surface area contributed by atoms with Gasteiger partial charge in [-0.3, -0.25) is 4.79 Å². The van der Waals surface area contributed by atoms with Crippen molar-refractivity contribution in [3.05, 3.63) is 0 Å². The molecular formula is C12H21N3OS. The highest BCUT2D eigenvalue weighted by Gasteiger charge is 2.23. The Bertz CT molecular complexity index is 289. The number of thiocarbonyl (C=S) groups is 1. The fourth-order valence-corrected chi connectivity index (χ4v) is 2.85. The molecule has 1 aliphatic heterocycles. The number of piperidine rings is 1. The van der Waals surface area contributed by atoms with Crippen LogP contribution in [-0.2, 0) is 4.79 Å². The highest BCUT2D eigenvalue weighted by molar-refractivity contribution is 7.80. The molecule has 2 fully saturated rings. The van der Waals surface area contributed by atoms with E-state index < -0.39 is 0 Å². The fourth-order valence-electron chi connectivity index (χ4n) is 2.54. The first-order valence-corrected chi connectivity index (χ1v) is 7.01. The minimum atomic E-state index is -0.146. The van der Waals surface area contributed by atoms with Crippen LogP contribution in [0.3, 0.4) is 0 Å². The molecule has 2 aliphatic rings. The monoisotopic (exact) mass is 255 g/mol. The van der Waals surface area contributed by atoms with E-state index in [4.69, 9.17) is 12.2 Å². The number of rotatable bonds is 2. The normalized spacial score (nSPS) is 26.1. The van der Waals surface area contributed by atoms with E-state index >= 15 is 0 Å². The van der Waals surface area contributed by atoms with Gasteiger partial charge in [0, 0.05) is 12.6 Å². The molecule has 96 valence electrons. The number of amides is 1. The van der Waals surface area contributed by atoms with Gasteiger partial charge in [-0.25, -0.2) is 0 Å². The Morgan fingerprint density at radius 1 is 1.12 bits per heavy atom. The summed E-state index contributed by atoms with van der Waals surface area (Å²) in [5.74, 6) is 0.0732. The molecule has 1 heterocycles. The van der Waals surface area contributed by atoms with Crippen LogP contribution in [0.5, 0.6) is 0 Å². The zero-order valence-corrected chi connectivity index (χ0v) is 10.9. The molecule has 1 unspecified atom stereocenters. The molecule has 0 aromatic rings. The predicted molar refractivity (Wildman–Crippen MR) is 71.8 cm³/mol. The summed E-state index contributed by atoms with van der Waals surface area (Å²) in [5, 5.41) is 9.94. The first-order chi connectivity index (χ1) is 8.25. The van der Waals surface area contributed by atoms with E-state index in [0.29, 0.717) is 11.2 Å². The van der Waals surface area contributed by atoms with Crippen LogP contribution in [0, 0.1) is 0 Å². The lowest BCUT2D eigenvalue weighted by Gasteiger charge is -2.28. The molecule has 0 spiro atoms. The van der Waals surface area contributed by atoms with Gasteiger partial charge in [0.2, 0.25) is 5.91 Å². The first-order valence-electron chi connectivity index (χ1n) is 6.60. The van der Waals surface area contributed by atoms with Gasteiger partial charge in [-0.05, 0) is 37.9 Å². The van der Waals surface area contributed by atoms with Crippen molar-refractivity contribution < 1.29 is 4.79 Å². The molecule has 3 N–H and O–H groups in total. The second-order valence-corrected chi connectivity index (χ2v) is 5.35. The van der Waals surface area contributed by atoms with Crippen LogP contribution in [0.1, 0.15) is 44.9 Å². The summed E-state index contributed by atoms with van der Waals surface area (Å²) in [6.45, 7) is 0.791. The minimum Gasteiger partial charge on any atom is -0.360 e. The number of hydrogen-bond donors (Lipinski definition) is 3. The van der Waals surface area contributed by atoms with E-state index in [1.165, 1.54) is 32.1 Å². The zero-order chi connectivity index (χ0) is 12.1. The zero-order valence-electron chi connectivity index (χ0n) is 10.1. The van der Waals surface area contributed by atoms with E-state index in [1.807, 2.05) is 0 Å². The van der Waals surface area contributed by atoms with Gasteiger partial charge in [-0.2, -0.15) is 0 Å². The van der Waals surface area contributed by atoms with Crippen LogP contribution in [0.25, 0.3) is 0 Å². The summed E-state index contributed by atoms with van der Waals surface area (Å²) in [6, 6.07) is 0.350. The van der Waals surface area contributed by atoms with Gasteiger partial charge in [0.15, 0.2) is 5.11 Å². The van der Waals surface area contributed by atoms with Gasteiger partial charge >= 0.3 is 0 Å². The lowest BCUT2D eigenvalue weighted by molar-refractivity contribution is -0.124. The molecule has 1 saturated carbocycles. The Morgan fingerprint density at radius 2 is 1.88 bits per heavy atom. The van der Waals surface area contributed by atoms with Gasteiger partial charge < -0.3 is 16.0 Å². The Labute approximate surface area is 108 Å². The molecule has 1 saturated heterocycles. The number of carbonyl (C=O) groups is 1. The third-order valence-corrected chi connectivity index (χ3v) is 3.77. The summed E-state index contributed by atoms with van der Waals surface area (Å²) >= 11 is 5.27. The Balaban J connectivity index is 1.74. The Hall–Kier alpha value is -0.840. The lowest BCUT2D eigenvalue weighted by atomic mass is 9.96. The average molecular weight is 255 g/mol. The molecule has 0 aromatic heterocycles. The summed E-state index contributed by atoms with van der Waals surface area (Å²) in [7, 11) is 0. The largest absolute Gasteiger partial charge is 0.360 e. The van der Waals surface area contributed by atoms with Gasteiger partial charge in [0.1, 0.15) is 6.04 Å². The van der Waals surface area contributed by atoms with Crippen molar-refractivity contribution in [2.75, 3.05) is 6.54 Å². The van der Waals surface area contributed by atoms with Crippen LogP contribution < -0.4 is 16.0 Å². The molecule has 0 radical (unpaired) electrons. The highest BCUT2D eigenvalue weighted by Crippen LogP contribution is 2.17. The third-order valence-electron chi connectivity index (χ3n) is 3.53. The third kappa shape index (κ3) is 3.84. The van der Waals surface area contributed by atoms with Crippen LogP contribution in [-0.4, -0.2) is 29.6 Å². The minimum absolute atomic E-state index is 0.0732. The summed E-state index contributed by atoms with van der Waals surface area (Å²) in [4.78, 5) is 11.6. The van der Waals surface area contributed by atoms with Gasteiger partial charge in [0.25, 0.3) is 0 Å². The molecule has 17 heavy (non-hydrogen) atoms. The lowest BCUT2D eigenvalue weighted by Crippen LogP contribution is -2.54. The topological polar surface area (TPSA) is 53.2 Å². The van der Waals surface area contributed by atoms with E-state index in [1.54, 1.807) is 0 Å². The molecule has 1 amide bonds. The quantitative estimate of drug-likeness (QED) is 0.646. The highest BCUT2D eigenvalue weighted by atomic mass is 32.1. The Morgan fingerprint density at radius 3 is 2.59 bits per heavy atom. The van der Waals surface area contributed by atoms with Crippen molar-refractivity contribution in [2.24, 2.45) is 0 Å². The number of carbonyl (C=O) groups excluding carboxylic acids is 1. The maximum atomic E-state index is 11.6. The second kappa shape index (κ2) is 6.19. The first kappa shape index (κ1) is 12.6. The van der Waals surface area contributed by atoms with E-state index in [0.717, 1.165) is 19.4 Å². The molecule has 4 nitrogen and oxygen atoms in total. The van der Waals surface area contributed by atoms with Crippen molar-refractivity contribution in [3.8, 4) is 0 Å². The van der Waals surface area contributed by atoms with Crippen LogP contribution in [0.15, 0.2) is 0 Å². The van der Waals surface area contributed by atoms with Crippen LogP contribution >= 0.6 is 12.2 Å². The fraction of sp³-hybridized carbons (Fsp3) is 0.833. The van der Waals surface area contributed by atoms with Crippen LogP contribution in [0.2, 0.25) is 0 Å². The van der Waals surface area contributed by atoms with Crippen molar-refractivity contribution >= 4 is 23.2 Å². The average Bonchev–Trinajstić information content (AvgIpc) is 2.33. The SMILES string of the molecule is O=C1NCCCC1NC(=S)NC1CCCCC1. The molecule has 2 rings (SSSR count). The number of hydrogen-bond acceptors (Lipinski definition) is 2. The van der Waals surface area contributed by atoms with Gasteiger partial charge in [-0.15, -0.1) is 0 Å². The van der Waals surface area contributed by atoms with E-state index in [-0.39, 0.29) is 11.9 Å². The molecule has 0 aromatic carbocycles. The van der Waals surface area contributed by atoms with Crippen LogP contribution in [0.4, 0.5) is 0 Å². The molecule has 1 atom stereocenters. The molecule has 5 heteroatoms. The maximum absolute atomic E-state index is 11.6. The smallest absolute Gasteiger partial charge is 0.242 e. The van der Waals surface area contributed by atoms with Crippen molar-refractivity contribution in [1.82, 2.24) is 16.0 Å². The molecule has 0 bridgehead atoms. The molecule has 1 aliphatic carbocycles. The predicted octanol–water partition coefficient (Wildman–Crippen LogP) is 1.06. The van der Waals surface area contributed by atoms with E-state index in [2.05, 4.69) is 16.0 Å². The summed E-state index contributed by atoms with van der Waals surface area (Å²) in [5.41, 5.74) is 0. The maximum Gasteiger partial charge on any atom is 0.242 e. The van der Waals surface area contributed by atoms with Crippen molar-refractivity contribution in [3.63, 3.8) is 0 Å². The van der Waals surface area contributed by atoms with E-state index in [9.17, 15) is 4.79 Å².